The largest absolute Gasteiger partial charge is 0.338 e. The van der Waals surface area contributed by atoms with E-state index in [-0.39, 0.29) is 18.1 Å². The highest BCUT2D eigenvalue weighted by Crippen LogP contribution is 2.16. The molecule has 0 aromatic heterocycles. The first-order valence-corrected chi connectivity index (χ1v) is 10.2. The summed E-state index contributed by atoms with van der Waals surface area (Å²) in [4.78, 5) is 39.5. The van der Waals surface area contributed by atoms with Gasteiger partial charge in [-0.25, -0.2) is 14.4 Å². The number of amides is 6. The Kier molecular flexibility index (Phi) is 9.89. The Hall–Kier alpha value is -2.19. The fraction of sp³-hybridized carbons (Fsp3) is 0.842. The van der Waals surface area contributed by atoms with Crippen LogP contribution in [0.1, 0.15) is 53.4 Å². The number of hydrogen-bond donors (Lipinski definition) is 4. The van der Waals surface area contributed by atoms with Gasteiger partial charge in [0, 0.05) is 27.2 Å². The van der Waals surface area contributed by atoms with Gasteiger partial charge in [0.25, 0.3) is 0 Å². The number of urea groups is 3. The number of nitrogens with one attached hydrogen (secondary N) is 4. The van der Waals surface area contributed by atoms with Gasteiger partial charge in [0.2, 0.25) is 0 Å². The van der Waals surface area contributed by atoms with Crippen LogP contribution in [0.2, 0.25) is 0 Å². The van der Waals surface area contributed by atoms with Crippen LogP contribution in [0.5, 0.6) is 0 Å². The minimum Gasteiger partial charge on any atom is -0.338 e. The van der Waals surface area contributed by atoms with Crippen LogP contribution in [-0.4, -0.2) is 67.4 Å². The summed E-state index contributed by atoms with van der Waals surface area (Å²) in [5, 5.41) is 11.2. The number of carbonyl (C=O) groups is 3. The molecule has 1 saturated heterocycles. The van der Waals surface area contributed by atoms with Crippen LogP contribution in [-0.2, 0) is 0 Å². The summed E-state index contributed by atoms with van der Waals surface area (Å²) in [6.45, 7) is 9.69. The summed E-state index contributed by atoms with van der Waals surface area (Å²) < 4.78 is 0. The summed E-state index contributed by atoms with van der Waals surface area (Å²) in [5.74, 6) is 1.18. The van der Waals surface area contributed by atoms with E-state index in [1.807, 2.05) is 0 Å². The molecule has 0 radical (unpaired) electrons. The second kappa shape index (κ2) is 11.6. The maximum absolute atomic E-state index is 12.3. The molecule has 1 rings (SSSR count). The number of rotatable bonds is 10. The third kappa shape index (κ3) is 7.82. The molecule has 9 nitrogen and oxygen atoms in total. The molecule has 0 spiro atoms. The lowest BCUT2D eigenvalue weighted by Gasteiger charge is -2.27. The standard InChI is InChI=1S/C19H38N6O3/c1-13(2)9-7-11-20-17(26)22-15-16(25(6)19(28)24(15)5)23-18(27)21-12-8-10-14(3)4/h13-16H,7-12H2,1-6H3,(H2,20,22,26)(H2,21,23,27). The van der Waals surface area contributed by atoms with Crippen molar-refractivity contribution in [3.63, 3.8) is 0 Å². The fourth-order valence-corrected chi connectivity index (χ4v) is 3.06. The Balaban J connectivity index is 2.53. The second-order valence-corrected chi connectivity index (χ2v) is 8.27. The van der Waals surface area contributed by atoms with Crippen molar-refractivity contribution in [2.45, 2.75) is 65.7 Å². The average Bonchev–Trinajstić information content (AvgIpc) is 2.80. The first-order chi connectivity index (χ1) is 13.1. The molecule has 9 heteroatoms. The molecular formula is C19H38N6O3. The summed E-state index contributed by atoms with van der Waals surface area (Å²) in [6, 6.07) is -0.976. The molecule has 6 amide bonds. The maximum atomic E-state index is 12.3. The van der Waals surface area contributed by atoms with E-state index >= 15 is 0 Å². The predicted molar refractivity (Wildman–Crippen MR) is 110 cm³/mol. The Morgan fingerprint density at radius 2 is 1.18 bits per heavy atom. The average molecular weight is 399 g/mol. The maximum Gasteiger partial charge on any atom is 0.323 e. The van der Waals surface area contributed by atoms with Crippen LogP contribution in [0.25, 0.3) is 0 Å². The lowest BCUT2D eigenvalue weighted by Crippen LogP contribution is -2.59. The minimum atomic E-state index is -0.649. The van der Waals surface area contributed by atoms with Gasteiger partial charge in [0.1, 0.15) is 12.3 Å². The SMILES string of the molecule is CC(C)CCCNC(=O)NC1C(NC(=O)NCCCC(C)C)N(C)C(=O)N1C. The van der Waals surface area contributed by atoms with E-state index in [2.05, 4.69) is 49.0 Å². The van der Waals surface area contributed by atoms with E-state index in [0.717, 1.165) is 25.7 Å². The molecule has 2 atom stereocenters. The highest BCUT2D eigenvalue weighted by Gasteiger charge is 2.43. The summed E-state index contributed by atoms with van der Waals surface area (Å²) in [5.41, 5.74) is 0. The molecule has 162 valence electrons. The van der Waals surface area contributed by atoms with Crippen LogP contribution in [0, 0.1) is 11.8 Å². The van der Waals surface area contributed by atoms with E-state index in [9.17, 15) is 14.4 Å². The quantitative estimate of drug-likeness (QED) is 0.424. The molecule has 28 heavy (non-hydrogen) atoms. The van der Waals surface area contributed by atoms with Crippen LogP contribution in [0.3, 0.4) is 0 Å². The van der Waals surface area contributed by atoms with Gasteiger partial charge in [0.15, 0.2) is 0 Å². The number of likely N-dealkylation sites (N-methyl/N-ethyl adjacent to an activating group) is 2. The molecule has 1 heterocycles. The molecule has 1 aliphatic heterocycles. The normalized spacial score (nSPS) is 19.4. The Labute approximate surface area is 169 Å². The van der Waals surface area contributed by atoms with Crippen molar-refractivity contribution in [3.8, 4) is 0 Å². The molecule has 1 aliphatic rings. The van der Waals surface area contributed by atoms with Gasteiger partial charge in [-0.3, -0.25) is 0 Å². The van der Waals surface area contributed by atoms with Crippen molar-refractivity contribution < 1.29 is 14.4 Å². The number of hydrogen-bond acceptors (Lipinski definition) is 3. The predicted octanol–water partition coefficient (Wildman–Crippen LogP) is 2.11. The Bertz CT molecular complexity index is 482. The van der Waals surface area contributed by atoms with Gasteiger partial charge in [-0.15, -0.1) is 0 Å². The van der Waals surface area contributed by atoms with Crippen molar-refractivity contribution in [2.75, 3.05) is 27.2 Å². The Morgan fingerprint density at radius 3 is 1.50 bits per heavy atom. The molecule has 0 aromatic rings. The molecule has 2 unspecified atom stereocenters. The number of nitrogens with zero attached hydrogens (tertiary/aromatic N) is 2. The van der Waals surface area contributed by atoms with Crippen molar-refractivity contribution in [3.05, 3.63) is 0 Å². The van der Waals surface area contributed by atoms with Crippen LogP contribution in [0.15, 0.2) is 0 Å². The molecule has 0 aromatic carbocycles. The third-order valence-electron chi connectivity index (χ3n) is 4.78. The molecule has 0 bridgehead atoms. The third-order valence-corrected chi connectivity index (χ3v) is 4.78. The van der Waals surface area contributed by atoms with Gasteiger partial charge >= 0.3 is 18.1 Å². The highest BCUT2D eigenvalue weighted by molar-refractivity contribution is 5.82. The first-order valence-electron chi connectivity index (χ1n) is 10.2. The van der Waals surface area contributed by atoms with E-state index in [1.54, 1.807) is 14.1 Å². The molecule has 0 saturated carbocycles. The first kappa shape index (κ1) is 23.8. The molecular weight excluding hydrogens is 360 g/mol. The van der Waals surface area contributed by atoms with Gasteiger partial charge in [0.05, 0.1) is 0 Å². The van der Waals surface area contributed by atoms with E-state index in [4.69, 9.17) is 0 Å². The van der Waals surface area contributed by atoms with Crippen LogP contribution in [0.4, 0.5) is 14.4 Å². The van der Waals surface area contributed by atoms with Gasteiger partial charge < -0.3 is 31.1 Å². The fourth-order valence-electron chi connectivity index (χ4n) is 3.06. The van der Waals surface area contributed by atoms with E-state index < -0.39 is 12.3 Å². The van der Waals surface area contributed by atoms with Crippen molar-refractivity contribution in [1.29, 1.82) is 0 Å². The zero-order chi connectivity index (χ0) is 21.3. The topological polar surface area (TPSA) is 106 Å². The zero-order valence-electron chi connectivity index (χ0n) is 18.2. The lowest BCUT2D eigenvalue weighted by molar-refractivity contribution is 0.193. The second-order valence-electron chi connectivity index (χ2n) is 8.27. The number of carbonyl (C=O) groups excluding carboxylic acids is 3. The smallest absolute Gasteiger partial charge is 0.323 e. The van der Waals surface area contributed by atoms with Gasteiger partial charge in [-0.2, -0.15) is 0 Å². The van der Waals surface area contributed by atoms with Crippen LogP contribution < -0.4 is 21.3 Å². The van der Waals surface area contributed by atoms with Crippen molar-refractivity contribution >= 4 is 18.1 Å². The Morgan fingerprint density at radius 1 is 0.821 bits per heavy atom. The highest BCUT2D eigenvalue weighted by atomic mass is 16.2. The van der Waals surface area contributed by atoms with E-state index in [0.29, 0.717) is 24.9 Å². The minimum absolute atomic E-state index is 0.268. The zero-order valence-corrected chi connectivity index (χ0v) is 18.2. The summed E-state index contributed by atoms with van der Waals surface area (Å²) in [6.07, 6.45) is 2.56. The van der Waals surface area contributed by atoms with Gasteiger partial charge in [-0.1, -0.05) is 27.7 Å². The molecule has 0 aliphatic carbocycles. The lowest BCUT2D eigenvalue weighted by atomic mass is 10.1. The van der Waals surface area contributed by atoms with Crippen molar-refractivity contribution in [2.24, 2.45) is 11.8 Å². The van der Waals surface area contributed by atoms with Crippen molar-refractivity contribution in [1.82, 2.24) is 31.1 Å². The monoisotopic (exact) mass is 398 g/mol. The summed E-state index contributed by atoms with van der Waals surface area (Å²) >= 11 is 0. The van der Waals surface area contributed by atoms with E-state index in [1.165, 1.54) is 9.80 Å². The molecule has 1 fully saturated rings. The van der Waals surface area contributed by atoms with Crippen LogP contribution >= 0.6 is 0 Å². The van der Waals surface area contributed by atoms with Gasteiger partial charge in [-0.05, 0) is 37.5 Å². The summed E-state index contributed by atoms with van der Waals surface area (Å²) in [7, 11) is 3.20. The molecule has 4 N–H and O–H groups in total.